The second-order valence-corrected chi connectivity index (χ2v) is 13.6. The largest absolute Gasteiger partial charge is 0.507 e. The fraction of sp³-hybridized carbons (Fsp3) is 0.257. The molecule has 10 nitrogen and oxygen atoms in total. The Balaban J connectivity index is 1.39. The van der Waals surface area contributed by atoms with Gasteiger partial charge in [0, 0.05) is 23.6 Å². The molecular formula is C35H26Cl2FN3O7. The second-order valence-electron chi connectivity index (χ2n) is 12.4. The third-order valence-corrected chi connectivity index (χ3v) is 11.5. The van der Waals surface area contributed by atoms with Gasteiger partial charge in [0.2, 0.25) is 11.8 Å². The smallest absolute Gasteiger partial charge is 0.269 e. The Morgan fingerprint density at radius 2 is 1.58 bits per heavy atom. The number of alkyl halides is 2. The highest BCUT2D eigenvalue weighted by Crippen LogP contribution is 2.66. The number of carbonyl (C=O) groups excluding carboxylic acids is 4. The number of para-hydroxylation sites is 1. The van der Waals surface area contributed by atoms with Crippen LogP contribution in [0.2, 0.25) is 0 Å². The van der Waals surface area contributed by atoms with Crippen molar-refractivity contribution in [3.05, 3.63) is 118 Å². The normalized spacial score (nSPS) is 29.4. The van der Waals surface area contributed by atoms with Crippen molar-refractivity contribution in [3.8, 4) is 5.75 Å². The van der Waals surface area contributed by atoms with Crippen LogP contribution >= 0.6 is 23.2 Å². The van der Waals surface area contributed by atoms with E-state index in [4.69, 9.17) is 23.2 Å². The zero-order valence-corrected chi connectivity index (χ0v) is 26.5. The molecule has 1 N–H and O–H groups in total. The van der Waals surface area contributed by atoms with E-state index in [9.17, 15) is 38.8 Å². The van der Waals surface area contributed by atoms with E-state index in [-0.39, 0.29) is 47.6 Å². The molecule has 0 radical (unpaired) electrons. The average Bonchev–Trinajstić information content (AvgIpc) is 3.40. The fourth-order valence-electron chi connectivity index (χ4n) is 7.89. The Morgan fingerprint density at radius 3 is 2.23 bits per heavy atom. The first-order valence-corrected chi connectivity index (χ1v) is 15.9. The minimum Gasteiger partial charge on any atom is -0.507 e. The average molecular weight is 691 g/mol. The molecule has 6 atom stereocenters. The predicted molar refractivity (Wildman–Crippen MR) is 174 cm³/mol. The molecule has 2 saturated heterocycles. The van der Waals surface area contributed by atoms with E-state index < -0.39 is 67.8 Å². The zero-order chi connectivity index (χ0) is 34.3. The molecule has 0 spiro atoms. The lowest BCUT2D eigenvalue weighted by molar-refractivity contribution is -0.384. The molecule has 3 fully saturated rings. The fourth-order valence-corrected chi connectivity index (χ4v) is 8.81. The highest BCUT2D eigenvalue weighted by atomic mass is 35.5. The van der Waals surface area contributed by atoms with Crippen molar-refractivity contribution in [2.24, 2.45) is 17.8 Å². The molecule has 0 aromatic heterocycles. The van der Waals surface area contributed by atoms with Gasteiger partial charge in [-0.05, 0) is 67.1 Å². The molecule has 48 heavy (non-hydrogen) atoms. The summed E-state index contributed by atoms with van der Waals surface area (Å²) < 4.78 is 13.9. The molecule has 3 aromatic rings. The van der Waals surface area contributed by atoms with Gasteiger partial charge in [0.25, 0.3) is 17.5 Å². The molecule has 3 aromatic carbocycles. The van der Waals surface area contributed by atoms with Crippen molar-refractivity contribution in [1.29, 1.82) is 0 Å². The van der Waals surface area contributed by atoms with Crippen LogP contribution in [0.25, 0.3) is 0 Å². The molecule has 4 aliphatic rings. The standard InChI is InChI=1S/C35H26Cl2FN3O7/c1-2-4-18-5-3-6-25(29(18)42)28-23-15-16-24-27(31(44)39(30(24)43)20-11-13-22(14-12-20)41(47)48)26(23)17-34(36)32(45)40(33(46)35(28,34)37)21-9-7-19(38)8-10-21/h2-3,5-15,24,26-28,42H,1,4,16-17H2. The lowest BCUT2D eigenvalue weighted by atomic mass is 9.56. The number of fused-ring (bicyclic) bond motifs is 4. The quantitative estimate of drug-likeness (QED) is 0.111. The summed E-state index contributed by atoms with van der Waals surface area (Å²) in [5, 5.41) is 22.8. The topological polar surface area (TPSA) is 138 Å². The van der Waals surface area contributed by atoms with Gasteiger partial charge in [-0.15, -0.1) is 29.8 Å². The van der Waals surface area contributed by atoms with E-state index >= 15 is 0 Å². The molecule has 244 valence electrons. The molecule has 2 heterocycles. The van der Waals surface area contributed by atoms with E-state index in [0.29, 0.717) is 11.1 Å². The van der Waals surface area contributed by atoms with E-state index in [1.54, 1.807) is 30.4 Å². The van der Waals surface area contributed by atoms with E-state index in [2.05, 4.69) is 6.58 Å². The number of nitro groups is 1. The van der Waals surface area contributed by atoms with Gasteiger partial charge in [-0.2, -0.15) is 0 Å². The first kappa shape index (κ1) is 31.7. The van der Waals surface area contributed by atoms with Gasteiger partial charge < -0.3 is 5.11 Å². The number of aromatic hydroxyl groups is 1. The highest BCUT2D eigenvalue weighted by molar-refractivity contribution is 6.58. The third kappa shape index (κ3) is 4.23. The zero-order valence-electron chi connectivity index (χ0n) is 25.0. The van der Waals surface area contributed by atoms with Crippen LogP contribution in [0, 0.1) is 33.7 Å². The number of amides is 4. The number of nitrogens with zero attached hydrogens (tertiary/aromatic N) is 3. The van der Waals surface area contributed by atoms with E-state index in [1.165, 1.54) is 36.4 Å². The van der Waals surface area contributed by atoms with Crippen molar-refractivity contribution in [1.82, 2.24) is 0 Å². The van der Waals surface area contributed by atoms with Gasteiger partial charge in [0.15, 0.2) is 9.75 Å². The van der Waals surface area contributed by atoms with E-state index in [1.807, 2.05) is 0 Å². The number of phenols is 1. The van der Waals surface area contributed by atoms with Gasteiger partial charge in [-0.3, -0.25) is 34.2 Å². The van der Waals surface area contributed by atoms with E-state index in [0.717, 1.165) is 21.9 Å². The summed E-state index contributed by atoms with van der Waals surface area (Å²) in [6, 6.07) is 14.6. The van der Waals surface area contributed by atoms with Crippen LogP contribution < -0.4 is 9.80 Å². The van der Waals surface area contributed by atoms with Gasteiger partial charge in [-0.1, -0.05) is 35.9 Å². The highest BCUT2D eigenvalue weighted by Gasteiger charge is 2.77. The third-order valence-electron chi connectivity index (χ3n) is 10.0. The summed E-state index contributed by atoms with van der Waals surface area (Å²) in [7, 11) is 0. The van der Waals surface area contributed by atoms with Gasteiger partial charge >= 0.3 is 0 Å². The molecule has 1 saturated carbocycles. The number of halogens is 3. The molecule has 13 heteroatoms. The number of hydrogen-bond donors (Lipinski definition) is 1. The van der Waals surface area contributed by atoms with Crippen molar-refractivity contribution in [3.63, 3.8) is 0 Å². The van der Waals surface area contributed by atoms with Crippen LogP contribution in [0.1, 0.15) is 29.9 Å². The first-order valence-electron chi connectivity index (χ1n) is 15.1. The molecule has 7 rings (SSSR count). The van der Waals surface area contributed by atoms with Crippen LogP contribution in [0.15, 0.2) is 91.0 Å². The van der Waals surface area contributed by atoms with Crippen molar-refractivity contribution in [2.45, 2.75) is 34.9 Å². The molecule has 2 aliphatic heterocycles. The van der Waals surface area contributed by atoms with Crippen LogP contribution in [-0.4, -0.2) is 43.4 Å². The number of carbonyl (C=O) groups is 4. The summed E-state index contributed by atoms with van der Waals surface area (Å²) in [5.41, 5.74) is 1.12. The van der Waals surface area contributed by atoms with Gasteiger partial charge in [0.05, 0.1) is 28.1 Å². The Morgan fingerprint density at radius 1 is 0.938 bits per heavy atom. The van der Waals surface area contributed by atoms with Crippen molar-refractivity contribution >= 4 is 63.9 Å². The van der Waals surface area contributed by atoms with Crippen molar-refractivity contribution in [2.75, 3.05) is 9.80 Å². The van der Waals surface area contributed by atoms with Crippen molar-refractivity contribution < 1.29 is 33.6 Å². The van der Waals surface area contributed by atoms with Gasteiger partial charge in [0.1, 0.15) is 11.6 Å². The summed E-state index contributed by atoms with van der Waals surface area (Å²) in [6.45, 7) is 3.74. The SMILES string of the molecule is C=CCc1cccc(C2C3=CCC4C(=O)N(c5ccc([N+](=O)[O-])cc5)C(=O)C4C3CC3(Cl)C(=O)N(c4ccc(F)cc4)C(=O)C23Cl)c1O. The second kappa shape index (κ2) is 11.1. The Bertz CT molecular complexity index is 1980. The number of non-ortho nitro benzene ring substituents is 1. The number of allylic oxidation sites excluding steroid dienone is 3. The summed E-state index contributed by atoms with van der Waals surface area (Å²) in [5.74, 6) is -7.62. The number of benzene rings is 3. The van der Waals surface area contributed by atoms with Crippen LogP contribution in [-0.2, 0) is 25.6 Å². The molecule has 4 amide bonds. The molecule has 6 unspecified atom stereocenters. The Kier molecular flexibility index (Phi) is 7.33. The van der Waals surface area contributed by atoms with Gasteiger partial charge in [-0.25, -0.2) is 9.29 Å². The molecule has 0 bridgehead atoms. The minimum absolute atomic E-state index is 0.0375. The number of hydrogen-bond acceptors (Lipinski definition) is 7. The number of phenolic OH excluding ortho intramolecular Hbond substituents is 1. The summed E-state index contributed by atoms with van der Waals surface area (Å²) in [4.78, 5) is 64.9. The Hall–Kier alpha value is -4.87. The summed E-state index contributed by atoms with van der Waals surface area (Å²) in [6.07, 6.45) is 3.38. The number of anilines is 2. The first-order chi connectivity index (χ1) is 22.8. The lowest BCUT2D eigenvalue weighted by Crippen LogP contribution is -2.60. The molecular weight excluding hydrogens is 664 g/mol. The van der Waals surface area contributed by atoms with Crippen LogP contribution in [0.4, 0.5) is 21.5 Å². The maximum absolute atomic E-state index is 14.5. The minimum atomic E-state index is -2.21. The Labute approximate surface area is 283 Å². The van der Waals surface area contributed by atoms with Crippen LogP contribution in [0.5, 0.6) is 5.75 Å². The number of rotatable bonds is 6. The predicted octanol–water partition coefficient (Wildman–Crippen LogP) is 5.94. The summed E-state index contributed by atoms with van der Waals surface area (Å²) >= 11 is 14.7. The maximum atomic E-state index is 14.5. The van der Waals surface area contributed by atoms with Crippen LogP contribution in [0.3, 0.4) is 0 Å². The number of imide groups is 2. The lowest BCUT2D eigenvalue weighted by Gasteiger charge is -2.50. The molecule has 2 aliphatic carbocycles. The maximum Gasteiger partial charge on any atom is 0.269 e. The number of nitro benzene ring substituents is 1. The monoisotopic (exact) mass is 689 g/mol.